The van der Waals surface area contributed by atoms with Crippen LogP contribution in [0.4, 0.5) is 0 Å². The molecule has 2 aromatic heterocycles. The third-order valence-electron chi connectivity index (χ3n) is 2.77. The van der Waals surface area contributed by atoms with Crippen molar-refractivity contribution < 1.29 is 0 Å². The van der Waals surface area contributed by atoms with E-state index in [4.69, 9.17) is 0 Å². The molecular weight excluding hydrogens is 192 g/mol. The van der Waals surface area contributed by atoms with Crippen LogP contribution in [0.25, 0.3) is 11.4 Å². The van der Waals surface area contributed by atoms with Crippen LogP contribution in [0.1, 0.15) is 25.2 Å². The third-order valence-corrected chi connectivity index (χ3v) is 2.77. The van der Waals surface area contributed by atoms with Crippen molar-refractivity contribution in [1.29, 1.82) is 0 Å². The molecule has 0 unspecified atom stereocenters. The standard InChI is InChI=1S/C9H12N6/c1-3-6-8-9-7(4-2)11-13-15(9)5-14(8)12-10-6/h3-5H2,1-2H3. The van der Waals surface area contributed by atoms with Gasteiger partial charge in [-0.25, -0.2) is 9.36 Å². The summed E-state index contributed by atoms with van der Waals surface area (Å²) in [5, 5.41) is 16.5. The molecule has 6 heteroatoms. The average molecular weight is 204 g/mol. The van der Waals surface area contributed by atoms with Gasteiger partial charge in [-0.15, -0.1) is 10.2 Å². The van der Waals surface area contributed by atoms with E-state index in [1.54, 1.807) is 0 Å². The van der Waals surface area contributed by atoms with Crippen molar-refractivity contribution in [3.05, 3.63) is 11.4 Å². The minimum absolute atomic E-state index is 0.644. The highest BCUT2D eigenvalue weighted by Gasteiger charge is 2.27. The van der Waals surface area contributed by atoms with Gasteiger partial charge >= 0.3 is 0 Å². The molecule has 0 amide bonds. The number of hydrogen-bond acceptors (Lipinski definition) is 4. The first-order valence-corrected chi connectivity index (χ1v) is 5.20. The monoisotopic (exact) mass is 204 g/mol. The number of aromatic nitrogens is 6. The molecule has 1 aliphatic rings. The molecule has 0 fully saturated rings. The average Bonchev–Trinajstić information content (AvgIpc) is 2.86. The summed E-state index contributed by atoms with van der Waals surface area (Å²) in [6.07, 6.45) is 1.79. The van der Waals surface area contributed by atoms with Gasteiger partial charge in [0.25, 0.3) is 0 Å². The molecule has 78 valence electrons. The molecule has 6 nitrogen and oxygen atoms in total. The number of hydrogen-bond donors (Lipinski definition) is 0. The van der Waals surface area contributed by atoms with Crippen LogP contribution >= 0.6 is 0 Å². The molecule has 0 aliphatic carbocycles. The highest BCUT2D eigenvalue weighted by molar-refractivity contribution is 5.62. The third kappa shape index (κ3) is 0.986. The van der Waals surface area contributed by atoms with E-state index in [-0.39, 0.29) is 0 Å². The van der Waals surface area contributed by atoms with Crippen LogP contribution in [0.2, 0.25) is 0 Å². The van der Waals surface area contributed by atoms with Crippen molar-refractivity contribution in [3.8, 4) is 11.4 Å². The van der Waals surface area contributed by atoms with E-state index < -0.39 is 0 Å². The normalized spacial score (nSPS) is 12.9. The van der Waals surface area contributed by atoms with E-state index in [0.29, 0.717) is 6.67 Å². The van der Waals surface area contributed by atoms with Crippen LogP contribution in [0, 0.1) is 0 Å². The van der Waals surface area contributed by atoms with Crippen LogP contribution in [0.3, 0.4) is 0 Å². The molecule has 0 saturated carbocycles. The topological polar surface area (TPSA) is 61.4 Å². The minimum atomic E-state index is 0.644. The Morgan fingerprint density at radius 3 is 1.80 bits per heavy atom. The molecule has 1 aliphatic heterocycles. The molecule has 0 bridgehead atoms. The first-order chi connectivity index (χ1) is 7.35. The second-order valence-electron chi connectivity index (χ2n) is 3.62. The van der Waals surface area contributed by atoms with E-state index in [0.717, 1.165) is 35.6 Å². The smallest absolute Gasteiger partial charge is 0.138 e. The Balaban J connectivity index is 2.25. The Bertz CT molecular complexity index is 462. The summed E-state index contributed by atoms with van der Waals surface area (Å²) in [7, 11) is 0. The highest BCUT2D eigenvalue weighted by Crippen LogP contribution is 2.30. The van der Waals surface area contributed by atoms with Gasteiger partial charge in [-0.2, -0.15) is 0 Å². The van der Waals surface area contributed by atoms with E-state index in [1.165, 1.54) is 0 Å². The van der Waals surface area contributed by atoms with Gasteiger partial charge in [-0.3, -0.25) is 0 Å². The quantitative estimate of drug-likeness (QED) is 0.609. The maximum atomic E-state index is 4.15. The van der Waals surface area contributed by atoms with Gasteiger partial charge in [-0.1, -0.05) is 24.3 Å². The fraction of sp³-hybridized carbons (Fsp3) is 0.556. The fourth-order valence-electron chi connectivity index (χ4n) is 2.02. The zero-order chi connectivity index (χ0) is 10.4. The Morgan fingerprint density at radius 2 is 1.40 bits per heavy atom. The first kappa shape index (κ1) is 8.58. The van der Waals surface area contributed by atoms with Crippen LogP contribution in [-0.2, 0) is 19.5 Å². The van der Waals surface area contributed by atoms with Crippen molar-refractivity contribution in [3.63, 3.8) is 0 Å². The maximum Gasteiger partial charge on any atom is 0.138 e. The molecular formula is C9H12N6. The Morgan fingerprint density at radius 1 is 0.933 bits per heavy atom. The van der Waals surface area contributed by atoms with E-state index in [9.17, 15) is 0 Å². The van der Waals surface area contributed by atoms with Crippen LogP contribution in [-0.4, -0.2) is 30.0 Å². The van der Waals surface area contributed by atoms with Crippen LogP contribution in [0.15, 0.2) is 0 Å². The van der Waals surface area contributed by atoms with Crippen molar-refractivity contribution in [2.45, 2.75) is 33.4 Å². The van der Waals surface area contributed by atoms with E-state index >= 15 is 0 Å². The largest absolute Gasteiger partial charge is 0.221 e. The molecule has 0 radical (unpaired) electrons. The number of nitrogens with zero attached hydrogens (tertiary/aromatic N) is 6. The molecule has 3 heterocycles. The van der Waals surface area contributed by atoms with Gasteiger partial charge in [0.05, 0.1) is 11.4 Å². The molecule has 15 heavy (non-hydrogen) atoms. The molecule has 0 saturated heterocycles. The predicted molar refractivity (Wildman–Crippen MR) is 53.2 cm³/mol. The predicted octanol–water partition coefficient (Wildman–Crippen LogP) is 0.481. The van der Waals surface area contributed by atoms with E-state index in [2.05, 4.69) is 34.5 Å². The summed E-state index contributed by atoms with van der Waals surface area (Å²) < 4.78 is 3.78. The molecule has 2 aromatic rings. The lowest BCUT2D eigenvalue weighted by atomic mass is 10.1. The van der Waals surface area contributed by atoms with Gasteiger partial charge in [0, 0.05) is 0 Å². The van der Waals surface area contributed by atoms with Gasteiger partial charge in [-0.05, 0) is 12.8 Å². The summed E-state index contributed by atoms with van der Waals surface area (Å²) in [6.45, 7) is 4.82. The minimum Gasteiger partial charge on any atom is -0.221 e. The molecule has 0 spiro atoms. The summed E-state index contributed by atoms with van der Waals surface area (Å²) >= 11 is 0. The van der Waals surface area contributed by atoms with Crippen LogP contribution < -0.4 is 0 Å². The lowest BCUT2D eigenvalue weighted by Crippen LogP contribution is -2.04. The summed E-state index contributed by atoms with van der Waals surface area (Å²) in [4.78, 5) is 0. The maximum absolute atomic E-state index is 4.15. The lowest BCUT2D eigenvalue weighted by Gasteiger charge is -1.96. The summed E-state index contributed by atoms with van der Waals surface area (Å²) in [5.41, 5.74) is 4.26. The Kier molecular flexibility index (Phi) is 1.65. The van der Waals surface area contributed by atoms with Gasteiger partial charge < -0.3 is 0 Å². The molecule has 0 atom stereocenters. The van der Waals surface area contributed by atoms with Crippen LogP contribution in [0.5, 0.6) is 0 Å². The number of aryl methyl sites for hydroxylation is 2. The van der Waals surface area contributed by atoms with Crippen molar-refractivity contribution >= 4 is 0 Å². The highest BCUT2D eigenvalue weighted by atomic mass is 15.6. The Hall–Kier alpha value is -1.72. The van der Waals surface area contributed by atoms with Gasteiger partial charge in [0.2, 0.25) is 0 Å². The lowest BCUT2D eigenvalue weighted by molar-refractivity contribution is 0.516. The molecule has 0 aromatic carbocycles. The molecule has 3 rings (SSSR count). The van der Waals surface area contributed by atoms with Crippen molar-refractivity contribution in [2.75, 3.05) is 0 Å². The second kappa shape index (κ2) is 2.88. The SMILES string of the molecule is CCc1nnn2c1-c1c(CC)nnn1C2. The molecule has 0 N–H and O–H groups in total. The second-order valence-corrected chi connectivity index (χ2v) is 3.62. The van der Waals surface area contributed by atoms with E-state index in [1.807, 2.05) is 9.36 Å². The zero-order valence-electron chi connectivity index (χ0n) is 8.80. The van der Waals surface area contributed by atoms with Gasteiger partial charge in [0.1, 0.15) is 18.1 Å². The first-order valence-electron chi connectivity index (χ1n) is 5.20. The van der Waals surface area contributed by atoms with Gasteiger partial charge in [0.15, 0.2) is 0 Å². The number of rotatable bonds is 2. The van der Waals surface area contributed by atoms with Crippen molar-refractivity contribution in [1.82, 2.24) is 30.0 Å². The summed E-state index contributed by atoms with van der Waals surface area (Å²) in [5.74, 6) is 0. The zero-order valence-corrected chi connectivity index (χ0v) is 8.80. The fourth-order valence-corrected chi connectivity index (χ4v) is 2.02. The Labute approximate surface area is 86.9 Å². The summed E-state index contributed by atoms with van der Waals surface area (Å²) in [6, 6.07) is 0. The number of fused-ring (bicyclic) bond motifs is 3. The van der Waals surface area contributed by atoms with Crippen molar-refractivity contribution in [2.24, 2.45) is 0 Å².